The van der Waals surface area contributed by atoms with Crippen LogP contribution in [0.2, 0.25) is 0 Å². The summed E-state index contributed by atoms with van der Waals surface area (Å²) >= 11 is 0. The van der Waals surface area contributed by atoms with Gasteiger partial charge in [-0.05, 0) is 18.3 Å². The molecule has 0 aromatic heterocycles. The summed E-state index contributed by atoms with van der Waals surface area (Å²) in [5.41, 5.74) is 0.0184. The highest BCUT2D eigenvalue weighted by atomic mass is 16.3. The normalized spacial score (nSPS) is 21.3. The fraction of sp³-hybridized carbons (Fsp3) is 0.889. The van der Waals surface area contributed by atoms with E-state index in [1.54, 1.807) is 11.9 Å². The van der Waals surface area contributed by atoms with Crippen LogP contribution >= 0.6 is 0 Å². The molecule has 0 aromatic carbocycles. The molecule has 1 rings (SSSR count). The summed E-state index contributed by atoms with van der Waals surface area (Å²) in [4.78, 5) is 13.0. The summed E-state index contributed by atoms with van der Waals surface area (Å²) in [5, 5.41) is 11.7. The number of amides is 2. The van der Waals surface area contributed by atoms with Gasteiger partial charge in [0.15, 0.2) is 0 Å². The lowest BCUT2D eigenvalue weighted by Gasteiger charge is -2.37. The minimum Gasteiger partial charge on any atom is -0.396 e. The molecule has 76 valence electrons. The number of aliphatic hydroxyl groups excluding tert-OH is 1. The van der Waals surface area contributed by atoms with Gasteiger partial charge in [0, 0.05) is 26.7 Å². The molecular formula is C9H18N2O2. The molecule has 0 aromatic rings. The minimum atomic E-state index is -0.0139. The zero-order valence-corrected chi connectivity index (χ0v) is 8.34. The van der Waals surface area contributed by atoms with E-state index in [2.05, 4.69) is 12.2 Å². The van der Waals surface area contributed by atoms with Crippen LogP contribution in [0.4, 0.5) is 4.79 Å². The molecule has 0 spiro atoms. The average Bonchev–Trinajstić information content (AvgIpc) is 2.18. The van der Waals surface area contributed by atoms with Crippen molar-refractivity contribution >= 4 is 6.03 Å². The first-order valence-corrected chi connectivity index (χ1v) is 4.69. The summed E-state index contributed by atoms with van der Waals surface area (Å²) in [6.45, 7) is 3.77. The molecule has 0 unspecified atom stereocenters. The van der Waals surface area contributed by atoms with Gasteiger partial charge in [0.05, 0.1) is 0 Å². The van der Waals surface area contributed by atoms with E-state index in [0.717, 1.165) is 25.9 Å². The van der Waals surface area contributed by atoms with E-state index in [1.165, 1.54) is 0 Å². The van der Waals surface area contributed by atoms with Crippen LogP contribution in [0.15, 0.2) is 0 Å². The topological polar surface area (TPSA) is 52.6 Å². The van der Waals surface area contributed by atoms with Crippen LogP contribution in [-0.2, 0) is 0 Å². The number of hydrogen-bond donors (Lipinski definition) is 2. The lowest BCUT2D eigenvalue weighted by Crippen LogP contribution is -2.46. The first-order chi connectivity index (χ1) is 6.11. The number of carbonyl (C=O) groups is 1. The van der Waals surface area contributed by atoms with Crippen molar-refractivity contribution in [1.29, 1.82) is 0 Å². The number of piperidine rings is 1. The Morgan fingerprint density at radius 2 is 2.08 bits per heavy atom. The maximum absolute atomic E-state index is 11.2. The van der Waals surface area contributed by atoms with Crippen LogP contribution in [0.5, 0.6) is 0 Å². The van der Waals surface area contributed by atoms with Crippen molar-refractivity contribution in [2.24, 2.45) is 5.41 Å². The van der Waals surface area contributed by atoms with Gasteiger partial charge in [-0.15, -0.1) is 0 Å². The highest BCUT2D eigenvalue weighted by Gasteiger charge is 2.30. The van der Waals surface area contributed by atoms with E-state index < -0.39 is 0 Å². The summed E-state index contributed by atoms with van der Waals surface area (Å²) in [7, 11) is 1.64. The Morgan fingerprint density at radius 1 is 1.54 bits per heavy atom. The van der Waals surface area contributed by atoms with E-state index in [1.807, 2.05) is 0 Å². The van der Waals surface area contributed by atoms with Gasteiger partial charge in [-0.3, -0.25) is 0 Å². The Kier molecular flexibility index (Phi) is 3.14. The van der Waals surface area contributed by atoms with Crippen molar-refractivity contribution in [3.8, 4) is 0 Å². The molecule has 2 N–H and O–H groups in total. The third kappa shape index (κ3) is 2.34. The lowest BCUT2D eigenvalue weighted by molar-refractivity contribution is 0.0704. The van der Waals surface area contributed by atoms with Crippen LogP contribution in [0.1, 0.15) is 19.8 Å². The van der Waals surface area contributed by atoms with E-state index in [-0.39, 0.29) is 18.1 Å². The molecular weight excluding hydrogens is 168 g/mol. The Balaban J connectivity index is 2.43. The minimum absolute atomic E-state index is 0.0139. The molecule has 4 heteroatoms. The molecule has 1 saturated heterocycles. The van der Waals surface area contributed by atoms with E-state index in [0.29, 0.717) is 0 Å². The second-order valence-electron chi connectivity index (χ2n) is 4.01. The highest BCUT2D eigenvalue weighted by Crippen LogP contribution is 2.29. The highest BCUT2D eigenvalue weighted by molar-refractivity contribution is 5.73. The van der Waals surface area contributed by atoms with E-state index in [4.69, 9.17) is 5.11 Å². The smallest absolute Gasteiger partial charge is 0.317 e. The number of hydrogen-bond acceptors (Lipinski definition) is 2. The summed E-state index contributed by atoms with van der Waals surface area (Å²) in [5.74, 6) is 0. The summed E-state index contributed by atoms with van der Waals surface area (Å²) in [6.07, 6.45) is 1.77. The summed E-state index contributed by atoms with van der Waals surface area (Å²) in [6, 6.07) is -0.0139. The first kappa shape index (κ1) is 10.3. The third-order valence-electron chi connectivity index (χ3n) is 2.85. The van der Waals surface area contributed by atoms with Crippen LogP contribution in [-0.4, -0.2) is 42.8 Å². The van der Waals surface area contributed by atoms with Crippen LogP contribution in [0.25, 0.3) is 0 Å². The fourth-order valence-electron chi connectivity index (χ4n) is 1.57. The SMILES string of the molecule is CNC(=O)N1CCC(C)(CO)CC1. The van der Waals surface area contributed by atoms with Crippen molar-refractivity contribution < 1.29 is 9.90 Å². The second kappa shape index (κ2) is 3.96. The second-order valence-corrected chi connectivity index (χ2v) is 4.01. The number of urea groups is 1. The molecule has 0 atom stereocenters. The molecule has 1 aliphatic heterocycles. The van der Waals surface area contributed by atoms with Crippen molar-refractivity contribution in [1.82, 2.24) is 10.2 Å². The Labute approximate surface area is 78.9 Å². The van der Waals surface area contributed by atoms with Gasteiger partial charge in [-0.2, -0.15) is 0 Å². The number of aliphatic hydroxyl groups is 1. The van der Waals surface area contributed by atoms with Gasteiger partial charge in [0.1, 0.15) is 0 Å². The predicted octanol–water partition coefficient (Wildman–Crippen LogP) is 0.420. The lowest BCUT2D eigenvalue weighted by atomic mass is 9.81. The average molecular weight is 186 g/mol. The molecule has 4 nitrogen and oxygen atoms in total. The molecule has 0 bridgehead atoms. The molecule has 1 heterocycles. The molecule has 0 saturated carbocycles. The zero-order valence-electron chi connectivity index (χ0n) is 8.34. The van der Waals surface area contributed by atoms with E-state index in [9.17, 15) is 4.79 Å². The van der Waals surface area contributed by atoms with Crippen LogP contribution < -0.4 is 5.32 Å². The maximum atomic E-state index is 11.2. The molecule has 2 amide bonds. The van der Waals surface area contributed by atoms with Gasteiger partial charge in [0.25, 0.3) is 0 Å². The Hall–Kier alpha value is -0.770. The number of nitrogens with one attached hydrogen (secondary N) is 1. The largest absolute Gasteiger partial charge is 0.396 e. The number of nitrogens with zero attached hydrogens (tertiary/aromatic N) is 1. The Bertz CT molecular complexity index is 186. The fourth-order valence-corrected chi connectivity index (χ4v) is 1.57. The zero-order chi connectivity index (χ0) is 9.90. The standard InChI is InChI=1S/C9H18N2O2/c1-9(7-12)3-5-11(6-4-9)8(13)10-2/h12H,3-7H2,1-2H3,(H,10,13). The molecule has 0 radical (unpaired) electrons. The van der Waals surface area contributed by atoms with Gasteiger partial charge in [-0.1, -0.05) is 6.92 Å². The predicted molar refractivity (Wildman–Crippen MR) is 50.5 cm³/mol. The number of likely N-dealkylation sites (tertiary alicyclic amines) is 1. The van der Waals surface area contributed by atoms with Gasteiger partial charge < -0.3 is 15.3 Å². The van der Waals surface area contributed by atoms with Crippen molar-refractivity contribution in [2.45, 2.75) is 19.8 Å². The summed E-state index contributed by atoms with van der Waals surface area (Å²) < 4.78 is 0. The molecule has 13 heavy (non-hydrogen) atoms. The van der Waals surface area contributed by atoms with Crippen molar-refractivity contribution in [3.63, 3.8) is 0 Å². The molecule has 1 fully saturated rings. The van der Waals surface area contributed by atoms with Crippen molar-refractivity contribution in [2.75, 3.05) is 26.7 Å². The number of rotatable bonds is 1. The van der Waals surface area contributed by atoms with Crippen LogP contribution in [0.3, 0.4) is 0 Å². The van der Waals surface area contributed by atoms with Gasteiger partial charge in [-0.25, -0.2) is 4.79 Å². The van der Waals surface area contributed by atoms with Gasteiger partial charge in [0.2, 0.25) is 0 Å². The number of carbonyl (C=O) groups excluding carboxylic acids is 1. The molecule has 0 aliphatic carbocycles. The first-order valence-electron chi connectivity index (χ1n) is 4.69. The Morgan fingerprint density at radius 3 is 2.46 bits per heavy atom. The van der Waals surface area contributed by atoms with Crippen molar-refractivity contribution in [3.05, 3.63) is 0 Å². The van der Waals surface area contributed by atoms with E-state index >= 15 is 0 Å². The maximum Gasteiger partial charge on any atom is 0.317 e. The monoisotopic (exact) mass is 186 g/mol. The van der Waals surface area contributed by atoms with Crippen LogP contribution in [0, 0.1) is 5.41 Å². The third-order valence-corrected chi connectivity index (χ3v) is 2.85. The quantitative estimate of drug-likeness (QED) is 0.623. The van der Waals surface area contributed by atoms with Gasteiger partial charge >= 0.3 is 6.03 Å². The molecule has 1 aliphatic rings.